The normalized spacial score (nSPS) is 20.7. The van der Waals surface area contributed by atoms with Crippen LogP contribution in [-0.2, 0) is 0 Å². The van der Waals surface area contributed by atoms with Gasteiger partial charge in [-0.1, -0.05) is 29.8 Å². The predicted molar refractivity (Wildman–Crippen MR) is 185 cm³/mol. The first-order chi connectivity index (χ1) is 23.4. The molecule has 9 heteroatoms. The van der Waals surface area contributed by atoms with Gasteiger partial charge in [0.1, 0.15) is 5.75 Å². The smallest absolute Gasteiger partial charge is 0.260 e. The second-order valence-corrected chi connectivity index (χ2v) is 13.2. The van der Waals surface area contributed by atoms with Gasteiger partial charge >= 0.3 is 0 Å². The minimum atomic E-state index is -0.119. The van der Waals surface area contributed by atoms with E-state index in [0.29, 0.717) is 65.3 Å². The van der Waals surface area contributed by atoms with Crippen molar-refractivity contribution in [2.24, 2.45) is 15.9 Å². The number of carbonyl (C=O) groups is 2. The Bertz CT molecular complexity index is 1940. The van der Waals surface area contributed by atoms with Crippen LogP contribution in [0.5, 0.6) is 17.2 Å². The van der Waals surface area contributed by atoms with E-state index >= 15 is 0 Å². The van der Waals surface area contributed by atoms with Gasteiger partial charge in [0.2, 0.25) is 0 Å². The van der Waals surface area contributed by atoms with E-state index in [0.717, 1.165) is 29.5 Å². The summed E-state index contributed by atoms with van der Waals surface area (Å²) in [6.45, 7) is 4.80. The molecule has 1 fully saturated rings. The maximum atomic E-state index is 13.6. The van der Waals surface area contributed by atoms with Gasteiger partial charge in [0.15, 0.2) is 11.5 Å². The molecule has 5 aliphatic rings. The molecular weight excluding hydrogens is 604 g/mol. The molecule has 0 aromatic heterocycles. The second kappa shape index (κ2) is 12.1. The SMILES string of the molecule is COc1cc2c(cc1OCCCOc1cc3c(cc1C)C(=O)N1C=C(c4ccc(C)cc4)C[C@H]1C=N3)N=C[C@@H]1CC(C3CC3)=CN1C2=O. The Morgan fingerprint density at radius 3 is 2.06 bits per heavy atom. The number of hydrogen-bond donors (Lipinski definition) is 0. The minimum absolute atomic E-state index is 0.0424. The molecule has 0 N–H and O–H groups in total. The Kier molecular flexibility index (Phi) is 7.62. The summed E-state index contributed by atoms with van der Waals surface area (Å²) in [5.74, 6) is 2.22. The van der Waals surface area contributed by atoms with E-state index in [9.17, 15) is 9.59 Å². The Labute approximate surface area is 280 Å². The van der Waals surface area contributed by atoms with Crippen LogP contribution in [0.3, 0.4) is 0 Å². The third-order valence-corrected chi connectivity index (χ3v) is 9.79. The van der Waals surface area contributed by atoms with Gasteiger partial charge in [-0.15, -0.1) is 0 Å². The monoisotopic (exact) mass is 642 g/mol. The number of rotatable bonds is 9. The lowest BCUT2D eigenvalue weighted by molar-refractivity contribution is 0.0809. The fourth-order valence-electron chi connectivity index (χ4n) is 6.91. The number of benzene rings is 3. The zero-order chi connectivity index (χ0) is 32.9. The van der Waals surface area contributed by atoms with Crippen LogP contribution in [0.2, 0.25) is 0 Å². The Balaban J connectivity index is 0.902. The summed E-state index contributed by atoms with van der Waals surface area (Å²) in [6, 6.07) is 15.5. The van der Waals surface area contributed by atoms with E-state index in [1.807, 2.05) is 48.8 Å². The molecular formula is C39H38N4O5. The molecule has 0 spiro atoms. The lowest BCUT2D eigenvalue weighted by Gasteiger charge is -2.19. The average molecular weight is 643 g/mol. The van der Waals surface area contributed by atoms with Crippen LogP contribution in [0.4, 0.5) is 11.4 Å². The van der Waals surface area contributed by atoms with Crippen LogP contribution in [0.15, 0.2) is 76.5 Å². The Morgan fingerprint density at radius 1 is 0.750 bits per heavy atom. The molecule has 3 aromatic rings. The van der Waals surface area contributed by atoms with Crippen LogP contribution in [0, 0.1) is 19.8 Å². The van der Waals surface area contributed by atoms with Gasteiger partial charge in [-0.05, 0) is 73.4 Å². The topological polar surface area (TPSA) is 93.0 Å². The first-order valence-electron chi connectivity index (χ1n) is 16.7. The molecule has 1 aliphatic carbocycles. The lowest BCUT2D eigenvalue weighted by atomic mass is 10.0. The molecule has 9 nitrogen and oxygen atoms in total. The molecule has 0 unspecified atom stereocenters. The quantitative estimate of drug-likeness (QED) is 0.228. The third kappa shape index (κ3) is 5.57. The summed E-state index contributed by atoms with van der Waals surface area (Å²) < 4.78 is 17.9. The predicted octanol–water partition coefficient (Wildman–Crippen LogP) is 7.36. The molecule has 1 saturated carbocycles. The molecule has 2 amide bonds. The Hall–Kier alpha value is -5.18. The number of ether oxygens (including phenoxy) is 3. The van der Waals surface area contributed by atoms with Crippen molar-refractivity contribution in [1.82, 2.24) is 9.80 Å². The third-order valence-electron chi connectivity index (χ3n) is 9.79. The average Bonchev–Trinajstić information content (AvgIpc) is 3.77. The highest BCUT2D eigenvalue weighted by molar-refractivity contribution is 6.05. The molecule has 2 atom stereocenters. The number of methoxy groups -OCH3 is 1. The molecule has 8 rings (SSSR count). The van der Waals surface area contributed by atoms with Crippen LogP contribution < -0.4 is 14.2 Å². The van der Waals surface area contributed by atoms with Gasteiger partial charge < -0.3 is 24.0 Å². The van der Waals surface area contributed by atoms with Gasteiger partial charge in [-0.2, -0.15) is 0 Å². The molecule has 0 radical (unpaired) electrons. The molecule has 244 valence electrons. The van der Waals surface area contributed by atoms with Crippen LogP contribution in [-0.4, -0.2) is 66.5 Å². The largest absolute Gasteiger partial charge is 0.493 e. The van der Waals surface area contributed by atoms with Gasteiger partial charge in [-0.25, -0.2) is 0 Å². The van der Waals surface area contributed by atoms with E-state index in [2.05, 4.69) is 36.2 Å². The van der Waals surface area contributed by atoms with Gasteiger partial charge in [0, 0.05) is 49.8 Å². The van der Waals surface area contributed by atoms with E-state index in [4.69, 9.17) is 19.2 Å². The molecule has 0 saturated heterocycles. The molecule has 3 aromatic carbocycles. The summed E-state index contributed by atoms with van der Waals surface area (Å²) in [4.78, 5) is 40.1. The van der Waals surface area contributed by atoms with Crippen LogP contribution in [0.1, 0.15) is 69.5 Å². The fraction of sp³-hybridized carbons (Fsp3) is 0.333. The minimum Gasteiger partial charge on any atom is -0.493 e. The molecule has 0 bridgehead atoms. The molecule has 4 aliphatic heterocycles. The van der Waals surface area contributed by atoms with E-state index < -0.39 is 0 Å². The van der Waals surface area contributed by atoms with Crippen molar-refractivity contribution in [3.05, 3.63) is 94.3 Å². The zero-order valence-corrected chi connectivity index (χ0v) is 27.4. The highest BCUT2D eigenvalue weighted by atomic mass is 16.5. The number of carbonyl (C=O) groups excluding carboxylic acids is 2. The van der Waals surface area contributed by atoms with Crippen molar-refractivity contribution >= 4 is 41.2 Å². The Morgan fingerprint density at radius 2 is 1.38 bits per heavy atom. The summed E-state index contributed by atoms with van der Waals surface area (Å²) in [7, 11) is 1.57. The van der Waals surface area contributed by atoms with Crippen molar-refractivity contribution in [2.75, 3.05) is 20.3 Å². The van der Waals surface area contributed by atoms with Gasteiger partial charge in [0.05, 0.1) is 54.9 Å². The van der Waals surface area contributed by atoms with E-state index in [-0.39, 0.29) is 23.9 Å². The van der Waals surface area contributed by atoms with Crippen LogP contribution in [0.25, 0.3) is 5.57 Å². The maximum Gasteiger partial charge on any atom is 0.260 e. The first kappa shape index (κ1) is 30.2. The zero-order valence-electron chi connectivity index (χ0n) is 27.4. The summed E-state index contributed by atoms with van der Waals surface area (Å²) in [6.07, 6.45) is 12.3. The lowest BCUT2D eigenvalue weighted by Crippen LogP contribution is -2.32. The summed E-state index contributed by atoms with van der Waals surface area (Å²) in [5.41, 5.74) is 7.96. The number of fused-ring (bicyclic) bond motifs is 4. The molecule has 4 heterocycles. The van der Waals surface area contributed by atoms with Crippen molar-refractivity contribution in [1.29, 1.82) is 0 Å². The molecule has 48 heavy (non-hydrogen) atoms. The highest BCUT2D eigenvalue weighted by Crippen LogP contribution is 2.44. The number of aliphatic imine (C=N–C) groups is 2. The van der Waals surface area contributed by atoms with Crippen molar-refractivity contribution < 1.29 is 23.8 Å². The van der Waals surface area contributed by atoms with E-state index in [1.54, 1.807) is 24.1 Å². The highest BCUT2D eigenvalue weighted by Gasteiger charge is 2.38. The van der Waals surface area contributed by atoms with E-state index in [1.165, 1.54) is 24.0 Å². The van der Waals surface area contributed by atoms with Gasteiger partial charge in [-0.3, -0.25) is 19.6 Å². The maximum absolute atomic E-state index is 13.6. The number of aryl methyl sites for hydroxylation is 2. The fourth-order valence-corrected chi connectivity index (χ4v) is 6.91. The summed E-state index contributed by atoms with van der Waals surface area (Å²) in [5, 5.41) is 0. The second-order valence-electron chi connectivity index (χ2n) is 13.2. The summed E-state index contributed by atoms with van der Waals surface area (Å²) >= 11 is 0. The number of hydrogen-bond acceptors (Lipinski definition) is 7. The van der Waals surface area contributed by atoms with Crippen molar-refractivity contribution in [3.63, 3.8) is 0 Å². The number of nitrogens with zero attached hydrogens (tertiary/aromatic N) is 4. The van der Waals surface area contributed by atoms with Crippen molar-refractivity contribution in [2.45, 2.75) is 58.0 Å². The van der Waals surface area contributed by atoms with Gasteiger partial charge in [0.25, 0.3) is 11.8 Å². The first-order valence-corrected chi connectivity index (χ1v) is 16.7. The standard InChI is InChI=1S/C39H38N4O5/c1-23-5-7-25(8-6-23)27-14-29-19-40-33-17-35(24(2)13-31(33)38(44)42(29)21-27)47-11-4-12-48-37-18-34-32(16-36(37)46-3)39(45)43-22-28(26-9-10-26)15-30(43)20-41-34/h5-8,13,16-22,26,29-30H,4,9-12,14-15H2,1-3H3/t29-,30-/m0/s1. The van der Waals surface area contributed by atoms with Crippen molar-refractivity contribution in [3.8, 4) is 17.2 Å². The number of amides is 2. The van der Waals surface area contributed by atoms with Crippen LogP contribution >= 0.6 is 0 Å².